The SMILES string of the molecule is COc1ccc(-c2cc(C(F)(F)F)n3ncc(C(=O)Nc4nn(Cc5ccccc5Cl)cc4Br)c3n2)cc1. The molecule has 0 unspecified atom stereocenters. The zero-order valence-electron chi connectivity index (χ0n) is 19.5. The Bertz CT molecular complexity index is 1650. The van der Waals surface area contributed by atoms with E-state index in [1.807, 2.05) is 18.2 Å². The molecule has 13 heteroatoms. The predicted molar refractivity (Wildman–Crippen MR) is 138 cm³/mol. The molecule has 0 atom stereocenters. The molecule has 38 heavy (non-hydrogen) atoms. The van der Waals surface area contributed by atoms with Crippen LogP contribution in [0.3, 0.4) is 0 Å². The van der Waals surface area contributed by atoms with Crippen LogP contribution in [0.1, 0.15) is 21.6 Å². The highest BCUT2D eigenvalue weighted by Crippen LogP contribution is 2.33. The summed E-state index contributed by atoms with van der Waals surface area (Å²) in [5, 5.41) is 11.3. The lowest BCUT2D eigenvalue weighted by atomic mass is 10.1. The van der Waals surface area contributed by atoms with Gasteiger partial charge in [0.15, 0.2) is 17.2 Å². The number of alkyl halides is 3. The van der Waals surface area contributed by atoms with Gasteiger partial charge in [-0.2, -0.15) is 23.4 Å². The first-order valence-corrected chi connectivity index (χ1v) is 12.2. The van der Waals surface area contributed by atoms with Gasteiger partial charge in [-0.3, -0.25) is 9.48 Å². The molecule has 0 bridgehead atoms. The van der Waals surface area contributed by atoms with Crippen molar-refractivity contribution in [3.8, 4) is 17.0 Å². The lowest BCUT2D eigenvalue weighted by Gasteiger charge is -2.12. The number of benzene rings is 2. The summed E-state index contributed by atoms with van der Waals surface area (Å²) in [7, 11) is 1.48. The third kappa shape index (κ3) is 5.09. The number of methoxy groups -OCH3 is 1. The monoisotopic (exact) mass is 604 g/mol. The summed E-state index contributed by atoms with van der Waals surface area (Å²) < 4.78 is 49.5. The predicted octanol–water partition coefficient (Wildman–Crippen LogP) is 6.34. The van der Waals surface area contributed by atoms with Gasteiger partial charge in [0.25, 0.3) is 5.91 Å². The van der Waals surface area contributed by atoms with Crippen LogP contribution in [-0.2, 0) is 12.7 Å². The number of aromatic nitrogens is 5. The molecule has 3 heterocycles. The van der Waals surface area contributed by atoms with E-state index in [0.717, 1.165) is 17.8 Å². The maximum atomic E-state index is 13.9. The molecule has 5 aromatic rings. The summed E-state index contributed by atoms with van der Waals surface area (Å²) in [5.74, 6) is -0.0187. The minimum atomic E-state index is -4.75. The molecular formula is C25H17BrClF3N6O2. The molecule has 8 nitrogen and oxygen atoms in total. The Morgan fingerprint density at radius 1 is 1.16 bits per heavy atom. The van der Waals surface area contributed by atoms with E-state index in [-0.39, 0.29) is 22.7 Å². The molecule has 194 valence electrons. The third-order valence-corrected chi connectivity index (χ3v) is 6.58. The summed E-state index contributed by atoms with van der Waals surface area (Å²) in [4.78, 5) is 17.5. The van der Waals surface area contributed by atoms with Crippen molar-refractivity contribution in [3.63, 3.8) is 0 Å². The van der Waals surface area contributed by atoms with Gasteiger partial charge in [0.05, 0.1) is 30.0 Å². The Kier molecular flexibility index (Phi) is 6.84. The molecular weight excluding hydrogens is 589 g/mol. The molecule has 0 radical (unpaired) electrons. The molecule has 0 aliphatic rings. The molecule has 1 amide bonds. The van der Waals surface area contributed by atoms with E-state index in [0.29, 0.717) is 31.9 Å². The van der Waals surface area contributed by atoms with Crippen LogP contribution < -0.4 is 10.1 Å². The fraction of sp³-hybridized carbons (Fsp3) is 0.120. The topological polar surface area (TPSA) is 86.3 Å². The fourth-order valence-corrected chi connectivity index (χ4v) is 4.38. The number of nitrogens with one attached hydrogen (secondary N) is 1. The minimum Gasteiger partial charge on any atom is -0.497 e. The molecule has 0 aliphatic heterocycles. The summed E-state index contributed by atoms with van der Waals surface area (Å²) in [5.41, 5.74) is -0.231. The maximum absolute atomic E-state index is 13.9. The number of amides is 1. The van der Waals surface area contributed by atoms with Crippen molar-refractivity contribution < 1.29 is 22.7 Å². The van der Waals surface area contributed by atoms with Gasteiger partial charge in [0.2, 0.25) is 0 Å². The van der Waals surface area contributed by atoms with Crippen LogP contribution >= 0.6 is 27.5 Å². The number of rotatable bonds is 6. The standard InChI is InChI=1S/C25H17BrClF3N6O2/c1-38-16-8-6-14(7-9-16)20-10-21(25(28,29)30)36-23(32-20)17(11-31-36)24(37)33-22-18(26)13-35(34-22)12-15-4-2-3-5-19(15)27/h2-11,13H,12H2,1H3,(H,33,34,37). The summed E-state index contributed by atoms with van der Waals surface area (Å²) in [6.45, 7) is 0.340. The van der Waals surface area contributed by atoms with Gasteiger partial charge in [-0.15, -0.1) is 0 Å². The van der Waals surface area contributed by atoms with Crippen LogP contribution in [0.2, 0.25) is 5.02 Å². The second-order valence-electron chi connectivity index (χ2n) is 8.12. The first kappa shape index (κ1) is 25.7. The lowest BCUT2D eigenvalue weighted by Crippen LogP contribution is -2.16. The van der Waals surface area contributed by atoms with Crippen LogP contribution in [0.5, 0.6) is 5.75 Å². The van der Waals surface area contributed by atoms with E-state index in [2.05, 4.69) is 36.4 Å². The Morgan fingerprint density at radius 3 is 2.58 bits per heavy atom. The van der Waals surface area contributed by atoms with Gasteiger partial charge in [-0.1, -0.05) is 29.8 Å². The molecule has 0 saturated carbocycles. The van der Waals surface area contributed by atoms with Crippen molar-refractivity contribution in [3.05, 3.63) is 93.3 Å². The number of hydrogen-bond acceptors (Lipinski definition) is 5. The van der Waals surface area contributed by atoms with Crippen molar-refractivity contribution in [2.24, 2.45) is 0 Å². The number of hydrogen-bond donors (Lipinski definition) is 1. The molecule has 0 saturated heterocycles. The zero-order valence-corrected chi connectivity index (χ0v) is 21.8. The average Bonchev–Trinajstić information content (AvgIpc) is 3.47. The van der Waals surface area contributed by atoms with Gasteiger partial charge in [0.1, 0.15) is 11.3 Å². The van der Waals surface area contributed by atoms with Gasteiger partial charge in [0, 0.05) is 16.8 Å². The quantitative estimate of drug-likeness (QED) is 0.244. The Balaban J connectivity index is 1.49. The second kappa shape index (κ2) is 10.1. The number of fused-ring (bicyclic) bond motifs is 1. The summed E-state index contributed by atoms with van der Waals surface area (Å²) in [6, 6.07) is 14.5. The second-order valence-corrected chi connectivity index (χ2v) is 9.38. The third-order valence-electron chi connectivity index (χ3n) is 5.63. The number of carbonyl (C=O) groups is 1. The molecule has 3 aromatic heterocycles. The van der Waals surface area contributed by atoms with E-state index >= 15 is 0 Å². The van der Waals surface area contributed by atoms with Crippen molar-refractivity contribution >= 4 is 44.9 Å². The Morgan fingerprint density at radius 2 is 1.89 bits per heavy atom. The van der Waals surface area contributed by atoms with Crippen molar-refractivity contribution in [2.75, 3.05) is 12.4 Å². The summed E-state index contributed by atoms with van der Waals surface area (Å²) >= 11 is 9.58. The maximum Gasteiger partial charge on any atom is 0.433 e. The van der Waals surface area contributed by atoms with E-state index in [1.54, 1.807) is 41.2 Å². The van der Waals surface area contributed by atoms with Crippen LogP contribution in [0.25, 0.3) is 16.9 Å². The number of carbonyl (C=O) groups excluding carboxylic acids is 1. The number of nitrogens with zero attached hydrogens (tertiary/aromatic N) is 5. The van der Waals surface area contributed by atoms with Crippen LogP contribution in [0.4, 0.5) is 19.0 Å². The Hall–Kier alpha value is -3.90. The van der Waals surface area contributed by atoms with Crippen LogP contribution in [-0.4, -0.2) is 37.4 Å². The molecule has 0 spiro atoms. The number of halogens is 5. The summed E-state index contributed by atoms with van der Waals surface area (Å²) in [6.07, 6.45) is -2.06. The highest BCUT2D eigenvalue weighted by Gasteiger charge is 2.36. The van der Waals surface area contributed by atoms with Crippen molar-refractivity contribution in [1.82, 2.24) is 24.4 Å². The van der Waals surface area contributed by atoms with Gasteiger partial charge < -0.3 is 10.1 Å². The van der Waals surface area contributed by atoms with Crippen molar-refractivity contribution in [2.45, 2.75) is 12.7 Å². The van der Waals surface area contributed by atoms with Crippen molar-refractivity contribution in [1.29, 1.82) is 0 Å². The highest BCUT2D eigenvalue weighted by atomic mass is 79.9. The zero-order chi connectivity index (χ0) is 27.0. The molecule has 0 fully saturated rings. The lowest BCUT2D eigenvalue weighted by molar-refractivity contribution is -0.142. The largest absolute Gasteiger partial charge is 0.497 e. The van der Waals surface area contributed by atoms with Gasteiger partial charge >= 0.3 is 6.18 Å². The molecule has 2 aromatic carbocycles. The number of ether oxygens (including phenoxy) is 1. The Labute approximate surface area is 227 Å². The molecule has 1 N–H and O–H groups in total. The van der Waals surface area contributed by atoms with Crippen LogP contribution in [0.15, 0.2) is 71.5 Å². The molecule has 5 rings (SSSR count). The number of anilines is 1. The normalized spacial score (nSPS) is 11.6. The smallest absolute Gasteiger partial charge is 0.433 e. The first-order valence-electron chi connectivity index (χ1n) is 11.0. The fourth-order valence-electron chi connectivity index (χ4n) is 3.77. The average molecular weight is 606 g/mol. The van der Waals surface area contributed by atoms with E-state index in [9.17, 15) is 18.0 Å². The minimum absolute atomic E-state index is 0.0206. The molecule has 0 aliphatic carbocycles. The van der Waals surface area contributed by atoms with E-state index < -0.39 is 17.8 Å². The van der Waals surface area contributed by atoms with E-state index in [1.165, 1.54) is 7.11 Å². The van der Waals surface area contributed by atoms with Gasteiger partial charge in [-0.05, 0) is 57.9 Å². The highest BCUT2D eigenvalue weighted by molar-refractivity contribution is 9.10. The van der Waals surface area contributed by atoms with E-state index in [4.69, 9.17) is 16.3 Å². The van der Waals surface area contributed by atoms with Crippen LogP contribution in [0, 0.1) is 0 Å². The van der Waals surface area contributed by atoms with Gasteiger partial charge in [-0.25, -0.2) is 9.50 Å². The first-order chi connectivity index (χ1) is 18.1.